The van der Waals surface area contributed by atoms with Gasteiger partial charge in [0.2, 0.25) is 0 Å². The number of rotatable bonds is 48. The number of esters is 2. The maximum Gasteiger partial charge on any atom is 0.472 e. The number of nitrogens with two attached hydrogens (primary N) is 1. The van der Waals surface area contributed by atoms with E-state index < -0.39 is 51.1 Å². The van der Waals surface area contributed by atoms with Gasteiger partial charge in [-0.2, -0.15) is 0 Å². The van der Waals surface area contributed by atoms with E-state index in [2.05, 4.69) is 30.5 Å². The second-order valence-electron chi connectivity index (χ2n) is 17.3. The Morgan fingerprint density at radius 1 is 0.492 bits per heavy atom. The van der Waals surface area contributed by atoms with Crippen LogP contribution in [0.4, 0.5) is 0 Å². The van der Waals surface area contributed by atoms with Crippen LogP contribution < -0.4 is 5.73 Å². The smallest absolute Gasteiger partial charge is 0.472 e. The minimum atomic E-state index is -4.72. The molecule has 0 saturated carbocycles. The number of hydrogen-bond donors (Lipinski definition) is 3. The molecule has 0 aromatic carbocycles. The molecule has 11 nitrogen and oxygen atoms in total. The lowest BCUT2D eigenvalue weighted by Gasteiger charge is -2.20. The molecule has 0 aromatic rings. The summed E-state index contributed by atoms with van der Waals surface area (Å²) in [7, 11) is -4.72. The lowest BCUT2D eigenvalue weighted by molar-refractivity contribution is -0.161. The molecule has 1 unspecified atom stereocenters. The van der Waals surface area contributed by atoms with E-state index in [1.54, 1.807) is 0 Å². The van der Waals surface area contributed by atoms with Gasteiger partial charge in [-0.25, -0.2) is 4.57 Å². The Balaban J connectivity index is 4.21. The maximum absolute atomic E-state index is 12.7. The maximum atomic E-state index is 12.7. The summed E-state index contributed by atoms with van der Waals surface area (Å²) in [5.41, 5.74) is 5.35. The Labute approximate surface area is 373 Å². The third-order valence-electron chi connectivity index (χ3n) is 11.3. The molecule has 0 rings (SSSR count). The van der Waals surface area contributed by atoms with Crippen LogP contribution in [0, 0.1) is 0 Å². The van der Waals surface area contributed by atoms with Crippen molar-refractivity contribution in [2.24, 2.45) is 5.73 Å². The summed E-state index contributed by atoms with van der Waals surface area (Å²) < 4.78 is 32.8. The number of allylic oxidation sites excluding steroid dienone is 2. The third-order valence-corrected chi connectivity index (χ3v) is 12.2. The highest BCUT2D eigenvalue weighted by Gasteiger charge is 2.28. The summed E-state index contributed by atoms with van der Waals surface area (Å²) in [6.07, 6.45) is 47.0. The summed E-state index contributed by atoms with van der Waals surface area (Å²) >= 11 is 0. The number of phosphoric acid groups is 1. The number of aliphatic carboxylic acids is 1. The largest absolute Gasteiger partial charge is 0.480 e. The van der Waals surface area contributed by atoms with Crippen molar-refractivity contribution in [3.8, 4) is 0 Å². The number of hydrogen-bond acceptors (Lipinski definition) is 9. The van der Waals surface area contributed by atoms with Crippen LogP contribution in [0.2, 0.25) is 0 Å². The molecule has 0 spiro atoms. The SMILES string of the molecule is CCCCCC/C=C/CCCCCCCCCCCC(=O)O[C@H](COC(=O)CCCCCCCCCCCCCCCCCCCCCC)COP(=O)(O)OC[C@H](N)C(=O)O. The van der Waals surface area contributed by atoms with E-state index in [9.17, 15) is 23.8 Å². The molecule has 0 aliphatic rings. The molecule has 4 N–H and O–H groups in total. The zero-order valence-electron chi connectivity index (χ0n) is 39.3. The predicted octanol–water partition coefficient (Wildman–Crippen LogP) is 14.0. The Bertz CT molecular complexity index is 1090. The average Bonchev–Trinajstić information content (AvgIpc) is 3.24. The molecule has 0 aliphatic heterocycles. The van der Waals surface area contributed by atoms with Gasteiger partial charge in [-0.3, -0.25) is 23.4 Å². The van der Waals surface area contributed by atoms with Crippen LogP contribution in [-0.4, -0.2) is 59.9 Å². The number of unbranched alkanes of at least 4 members (excludes halogenated alkanes) is 32. The summed E-state index contributed by atoms with van der Waals surface area (Å²) in [6, 6.07) is -1.52. The number of carbonyl (C=O) groups excluding carboxylic acids is 2. The third kappa shape index (κ3) is 44.6. The van der Waals surface area contributed by atoms with Gasteiger partial charge in [0.25, 0.3) is 0 Å². The molecule has 0 bridgehead atoms. The summed E-state index contributed by atoms with van der Waals surface area (Å²) in [5.74, 6) is -2.36. The van der Waals surface area contributed by atoms with Crippen LogP contribution in [0.25, 0.3) is 0 Å². The van der Waals surface area contributed by atoms with Gasteiger partial charge in [0, 0.05) is 12.8 Å². The van der Waals surface area contributed by atoms with Crippen molar-refractivity contribution >= 4 is 25.7 Å². The molecular weight excluding hydrogens is 794 g/mol. The molecule has 3 atom stereocenters. The van der Waals surface area contributed by atoms with E-state index in [0.717, 1.165) is 38.5 Å². The highest BCUT2D eigenvalue weighted by molar-refractivity contribution is 7.47. The van der Waals surface area contributed by atoms with Gasteiger partial charge in [-0.05, 0) is 38.5 Å². The molecule has 0 radical (unpaired) electrons. The Morgan fingerprint density at radius 2 is 0.820 bits per heavy atom. The van der Waals surface area contributed by atoms with Gasteiger partial charge in [0.15, 0.2) is 6.10 Å². The fourth-order valence-electron chi connectivity index (χ4n) is 7.30. The standard InChI is InChI=1S/C49H94NO10P/c1-3-5-7-9-11-13-15-17-19-21-22-23-25-26-28-30-32-34-36-38-40-47(51)57-42-45(43-58-61(55,56)59-44-46(50)49(53)54)60-48(52)41-39-37-35-33-31-29-27-24-20-18-16-14-12-10-8-6-4-2/h14,16,45-46H,3-13,15,17-44,50H2,1-2H3,(H,53,54)(H,55,56)/b16-14+/t45-,46+/m1/s1. The van der Waals surface area contributed by atoms with Gasteiger partial charge in [0.05, 0.1) is 13.2 Å². The molecule has 0 amide bonds. The van der Waals surface area contributed by atoms with E-state index in [4.69, 9.17) is 24.8 Å². The van der Waals surface area contributed by atoms with Crippen molar-refractivity contribution in [2.75, 3.05) is 19.8 Å². The van der Waals surface area contributed by atoms with Crippen molar-refractivity contribution in [3.05, 3.63) is 12.2 Å². The second kappa shape index (κ2) is 44.8. The zero-order chi connectivity index (χ0) is 44.9. The molecule has 360 valence electrons. The minimum absolute atomic E-state index is 0.163. The Hall–Kier alpha value is -1.78. The lowest BCUT2D eigenvalue weighted by Crippen LogP contribution is -2.34. The van der Waals surface area contributed by atoms with Crippen molar-refractivity contribution in [1.29, 1.82) is 0 Å². The van der Waals surface area contributed by atoms with Crippen molar-refractivity contribution < 1.29 is 47.5 Å². The molecule has 0 aromatic heterocycles. The van der Waals surface area contributed by atoms with E-state index in [0.29, 0.717) is 12.8 Å². The van der Waals surface area contributed by atoms with Crippen LogP contribution in [0.5, 0.6) is 0 Å². The van der Waals surface area contributed by atoms with Crippen LogP contribution >= 0.6 is 7.82 Å². The number of carboxylic acid groups (broad SMARTS) is 1. The fraction of sp³-hybridized carbons (Fsp3) is 0.898. The molecule has 0 fully saturated rings. The first-order chi connectivity index (χ1) is 29.6. The van der Waals surface area contributed by atoms with Crippen LogP contribution in [0.1, 0.15) is 251 Å². The van der Waals surface area contributed by atoms with E-state index >= 15 is 0 Å². The summed E-state index contributed by atoms with van der Waals surface area (Å²) in [4.78, 5) is 46.1. The van der Waals surface area contributed by atoms with Crippen molar-refractivity contribution in [3.63, 3.8) is 0 Å². The quantitative estimate of drug-likeness (QED) is 0.0230. The molecular formula is C49H94NO10P. The highest BCUT2D eigenvalue weighted by atomic mass is 31.2. The Kier molecular flexibility index (Phi) is 43.5. The molecule has 61 heavy (non-hydrogen) atoms. The summed E-state index contributed by atoms with van der Waals surface area (Å²) in [5, 5.41) is 8.91. The predicted molar refractivity (Wildman–Crippen MR) is 249 cm³/mol. The number of ether oxygens (including phenoxy) is 2. The van der Waals surface area contributed by atoms with Gasteiger partial charge in [-0.1, -0.05) is 212 Å². The number of carboxylic acids is 1. The average molecular weight is 888 g/mol. The molecule has 0 aliphatic carbocycles. The van der Waals surface area contributed by atoms with Crippen LogP contribution in [-0.2, 0) is 37.5 Å². The summed E-state index contributed by atoms with van der Waals surface area (Å²) in [6.45, 7) is 2.84. The zero-order valence-corrected chi connectivity index (χ0v) is 40.2. The monoisotopic (exact) mass is 888 g/mol. The Morgan fingerprint density at radius 3 is 1.21 bits per heavy atom. The van der Waals surface area contributed by atoms with Gasteiger partial charge >= 0.3 is 25.7 Å². The molecule has 0 heterocycles. The number of carbonyl (C=O) groups is 3. The first kappa shape index (κ1) is 59.2. The van der Waals surface area contributed by atoms with Crippen LogP contribution in [0.15, 0.2) is 12.2 Å². The van der Waals surface area contributed by atoms with E-state index in [-0.39, 0.29) is 19.4 Å². The van der Waals surface area contributed by atoms with Gasteiger partial charge in [0.1, 0.15) is 12.6 Å². The van der Waals surface area contributed by atoms with Gasteiger partial charge < -0.3 is 25.2 Å². The minimum Gasteiger partial charge on any atom is -0.480 e. The van der Waals surface area contributed by atoms with Crippen molar-refractivity contribution in [1.82, 2.24) is 0 Å². The first-order valence-electron chi connectivity index (χ1n) is 25.2. The fourth-order valence-corrected chi connectivity index (χ4v) is 8.08. The lowest BCUT2D eigenvalue weighted by atomic mass is 10.0. The molecule has 12 heteroatoms. The van der Waals surface area contributed by atoms with Crippen molar-refractivity contribution in [2.45, 2.75) is 264 Å². The number of phosphoric ester groups is 1. The normalized spacial score (nSPS) is 13.6. The second-order valence-corrected chi connectivity index (χ2v) is 18.8. The van der Waals surface area contributed by atoms with Gasteiger partial charge in [-0.15, -0.1) is 0 Å². The van der Waals surface area contributed by atoms with E-state index in [1.165, 1.54) is 173 Å². The highest BCUT2D eigenvalue weighted by Crippen LogP contribution is 2.43. The van der Waals surface area contributed by atoms with E-state index in [1.807, 2.05) is 0 Å². The molecule has 0 saturated heterocycles. The first-order valence-corrected chi connectivity index (χ1v) is 26.7. The van der Waals surface area contributed by atoms with Crippen LogP contribution in [0.3, 0.4) is 0 Å². The topological polar surface area (TPSA) is 172 Å².